The summed E-state index contributed by atoms with van der Waals surface area (Å²) < 4.78 is 5.43. The van der Waals surface area contributed by atoms with E-state index in [2.05, 4.69) is 47.6 Å². The molecule has 2 atom stereocenters. The van der Waals surface area contributed by atoms with Crippen LogP contribution in [0.3, 0.4) is 0 Å². The highest BCUT2D eigenvalue weighted by Crippen LogP contribution is 2.34. The van der Waals surface area contributed by atoms with Gasteiger partial charge in [0.15, 0.2) is 11.7 Å². The minimum Gasteiger partial charge on any atom is -0.359 e. The summed E-state index contributed by atoms with van der Waals surface area (Å²) in [7, 11) is 1.81. The fourth-order valence-electron chi connectivity index (χ4n) is 2.97. The minimum absolute atomic E-state index is 0.496. The van der Waals surface area contributed by atoms with Gasteiger partial charge >= 0.3 is 0 Å². The average Bonchev–Trinajstić information content (AvgIpc) is 3.08. The molecule has 1 aliphatic rings. The van der Waals surface area contributed by atoms with E-state index in [1.165, 1.54) is 19.3 Å². The quantitative estimate of drug-likeness (QED) is 0.570. The van der Waals surface area contributed by atoms with Gasteiger partial charge in [0, 0.05) is 25.1 Å². The van der Waals surface area contributed by atoms with Gasteiger partial charge in [0.25, 0.3) is 0 Å². The monoisotopic (exact) mass is 306 g/mol. The van der Waals surface area contributed by atoms with Crippen LogP contribution in [0.5, 0.6) is 0 Å². The van der Waals surface area contributed by atoms with Gasteiger partial charge < -0.3 is 15.2 Å². The lowest BCUT2D eigenvalue weighted by Gasteiger charge is -2.10. The molecule has 1 aromatic rings. The summed E-state index contributed by atoms with van der Waals surface area (Å²) in [5, 5.41) is 11.0. The molecule has 0 spiro atoms. The molecular weight excluding hydrogens is 276 g/mol. The maximum Gasteiger partial charge on any atom is 0.191 e. The van der Waals surface area contributed by atoms with Crippen molar-refractivity contribution < 1.29 is 4.52 Å². The second-order valence-corrected chi connectivity index (χ2v) is 6.19. The number of nitrogens with zero attached hydrogens (tertiary/aromatic N) is 2. The molecule has 1 aromatic heterocycles. The van der Waals surface area contributed by atoms with E-state index >= 15 is 0 Å². The molecule has 0 amide bonds. The topological polar surface area (TPSA) is 62.5 Å². The number of aliphatic imine (C=N–C) groups is 1. The van der Waals surface area contributed by atoms with Crippen molar-refractivity contribution in [3.8, 4) is 0 Å². The Balaban J connectivity index is 1.79. The predicted molar refractivity (Wildman–Crippen MR) is 90.0 cm³/mol. The van der Waals surface area contributed by atoms with E-state index in [0.717, 1.165) is 36.2 Å². The standard InChI is InChI=1S/C17H30N4O/c1-5-8-13-9-15(13)20-17(18-4)19-11-14-10-16(21-22-14)12(6-2)7-3/h10,12-13,15H,5-9,11H2,1-4H3,(H2,18,19,20). The first-order valence-corrected chi connectivity index (χ1v) is 8.64. The third-order valence-electron chi connectivity index (χ3n) is 4.54. The summed E-state index contributed by atoms with van der Waals surface area (Å²) in [6.45, 7) is 7.24. The van der Waals surface area contributed by atoms with Crippen molar-refractivity contribution in [3.05, 3.63) is 17.5 Å². The molecule has 2 N–H and O–H groups in total. The zero-order valence-electron chi connectivity index (χ0n) is 14.4. The molecule has 1 fully saturated rings. The Morgan fingerprint density at radius 3 is 2.82 bits per heavy atom. The van der Waals surface area contributed by atoms with Crippen LogP contribution < -0.4 is 10.6 Å². The Labute approximate surface area is 133 Å². The van der Waals surface area contributed by atoms with Crippen LogP contribution in [0.2, 0.25) is 0 Å². The molecule has 1 aliphatic carbocycles. The number of nitrogens with one attached hydrogen (secondary N) is 2. The SMILES string of the molecule is CCCC1CC1NC(=NC)NCc1cc(C(CC)CC)no1. The van der Waals surface area contributed by atoms with Crippen LogP contribution in [0.25, 0.3) is 0 Å². The number of hydrogen-bond acceptors (Lipinski definition) is 3. The molecule has 22 heavy (non-hydrogen) atoms. The summed E-state index contributed by atoms with van der Waals surface area (Å²) in [6, 6.07) is 2.65. The zero-order chi connectivity index (χ0) is 15.9. The third kappa shape index (κ3) is 4.49. The summed E-state index contributed by atoms with van der Waals surface area (Å²) in [4.78, 5) is 4.28. The summed E-state index contributed by atoms with van der Waals surface area (Å²) in [5.74, 6) is 3.03. The molecule has 0 aliphatic heterocycles. The van der Waals surface area contributed by atoms with E-state index in [9.17, 15) is 0 Å². The molecule has 0 aromatic carbocycles. The van der Waals surface area contributed by atoms with Crippen molar-refractivity contribution in [1.29, 1.82) is 0 Å². The van der Waals surface area contributed by atoms with E-state index in [4.69, 9.17) is 4.52 Å². The normalized spacial score (nSPS) is 21.2. The Bertz CT molecular complexity index is 479. The molecule has 2 unspecified atom stereocenters. The second-order valence-electron chi connectivity index (χ2n) is 6.19. The Kier molecular flexibility index (Phi) is 6.28. The Hall–Kier alpha value is -1.52. The van der Waals surface area contributed by atoms with Crippen molar-refractivity contribution in [1.82, 2.24) is 15.8 Å². The highest BCUT2D eigenvalue weighted by Gasteiger charge is 2.36. The largest absolute Gasteiger partial charge is 0.359 e. The molecule has 5 heteroatoms. The van der Waals surface area contributed by atoms with Gasteiger partial charge in [-0.15, -0.1) is 0 Å². The molecule has 0 saturated heterocycles. The second kappa shape index (κ2) is 8.20. The molecule has 5 nitrogen and oxygen atoms in total. The van der Waals surface area contributed by atoms with Gasteiger partial charge in [-0.3, -0.25) is 4.99 Å². The van der Waals surface area contributed by atoms with E-state index in [0.29, 0.717) is 18.5 Å². The van der Waals surface area contributed by atoms with Crippen molar-refractivity contribution in [3.63, 3.8) is 0 Å². The van der Waals surface area contributed by atoms with Crippen LogP contribution in [0, 0.1) is 5.92 Å². The first kappa shape index (κ1) is 16.8. The highest BCUT2D eigenvalue weighted by atomic mass is 16.5. The first-order chi connectivity index (χ1) is 10.7. The van der Waals surface area contributed by atoms with Gasteiger partial charge in [-0.2, -0.15) is 0 Å². The van der Waals surface area contributed by atoms with Gasteiger partial charge in [0.05, 0.1) is 12.2 Å². The van der Waals surface area contributed by atoms with Gasteiger partial charge in [0.1, 0.15) is 0 Å². The first-order valence-electron chi connectivity index (χ1n) is 8.64. The van der Waals surface area contributed by atoms with Gasteiger partial charge in [-0.05, 0) is 31.6 Å². The summed E-state index contributed by atoms with van der Waals surface area (Å²) in [6.07, 6.45) is 6.01. The third-order valence-corrected chi connectivity index (χ3v) is 4.54. The fraction of sp³-hybridized carbons (Fsp3) is 0.765. The van der Waals surface area contributed by atoms with Crippen LogP contribution in [-0.2, 0) is 6.54 Å². The molecule has 124 valence electrons. The van der Waals surface area contributed by atoms with Crippen molar-refractivity contribution in [2.45, 2.75) is 71.4 Å². The van der Waals surface area contributed by atoms with Crippen molar-refractivity contribution >= 4 is 5.96 Å². The van der Waals surface area contributed by atoms with Crippen molar-refractivity contribution in [2.24, 2.45) is 10.9 Å². The van der Waals surface area contributed by atoms with Crippen LogP contribution >= 0.6 is 0 Å². The summed E-state index contributed by atoms with van der Waals surface area (Å²) in [5.41, 5.74) is 1.06. The lowest BCUT2D eigenvalue weighted by molar-refractivity contribution is 0.368. The van der Waals surface area contributed by atoms with Gasteiger partial charge in [-0.1, -0.05) is 32.3 Å². The highest BCUT2D eigenvalue weighted by molar-refractivity contribution is 5.80. The average molecular weight is 306 g/mol. The van der Waals surface area contributed by atoms with E-state index < -0.39 is 0 Å². The number of hydrogen-bond donors (Lipinski definition) is 2. The summed E-state index contributed by atoms with van der Waals surface area (Å²) >= 11 is 0. The van der Waals surface area contributed by atoms with E-state index in [1.54, 1.807) is 0 Å². The molecule has 2 rings (SSSR count). The maximum absolute atomic E-state index is 5.43. The van der Waals surface area contributed by atoms with Crippen LogP contribution in [0.15, 0.2) is 15.6 Å². The lowest BCUT2D eigenvalue weighted by Crippen LogP contribution is -2.38. The minimum atomic E-state index is 0.496. The number of rotatable bonds is 8. The predicted octanol–water partition coefficient (Wildman–Crippen LogP) is 3.43. The fourth-order valence-corrected chi connectivity index (χ4v) is 2.97. The van der Waals surface area contributed by atoms with Crippen LogP contribution in [0.1, 0.15) is 70.2 Å². The zero-order valence-corrected chi connectivity index (χ0v) is 14.4. The van der Waals surface area contributed by atoms with E-state index in [-0.39, 0.29) is 0 Å². The molecule has 0 bridgehead atoms. The molecular formula is C17H30N4O. The number of aromatic nitrogens is 1. The smallest absolute Gasteiger partial charge is 0.191 e. The Morgan fingerprint density at radius 1 is 1.41 bits per heavy atom. The lowest BCUT2D eigenvalue weighted by atomic mass is 9.99. The van der Waals surface area contributed by atoms with Gasteiger partial charge in [-0.25, -0.2) is 0 Å². The molecule has 1 heterocycles. The Morgan fingerprint density at radius 2 is 2.18 bits per heavy atom. The molecule has 1 saturated carbocycles. The van der Waals surface area contributed by atoms with Crippen LogP contribution in [-0.4, -0.2) is 24.2 Å². The number of guanidine groups is 1. The van der Waals surface area contributed by atoms with Crippen LogP contribution in [0.4, 0.5) is 0 Å². The van der Waals surface area contributed by atoms with E-state index in [1.807, 2.05) is 7.05 Å². The molecule has 0 radical (unpaired) electrons. The maximum atomic E-state index is 5.43. The van der Waals surface area contributed by atoms with Crippen molar-refractivity contribution in [2.75, 3.05) is 7.05 Å². The van der Waals surface area contributed by atoms with Gasteiger partial charge in [0.2, 0.25) is 0 Å².